The van der Waals surface area contributed by atoms with Crippen LogP contribution in [0.25, 0.3) is 0 Å². The molecular formula is C5H10O6. The molecule has 0 radical (unpaired) electrons. The van der Waals surface area contributed by atoms with E-state index in [1.165, 1.54) is 0 Å². The number of rotatable bonds is 0. The highest BCUT2D eigenvalue weighted by Gasteiger charge is 1.70. The van der Waals surface area contributed by atoms with Crippen LogP contribution in [0.2, 0.25) is 0 Å². The lowest BCUT2D eigenvalue weighted by molar-refractivity contribution is 0.135. The van der Waals surface area contributed by atoms with Gasteiger partial charge < -0.3 is 20.4 Å². The van der Waals surface area contributed by atoms with Gasteiger partial charge in [0.2, 0.25) is 0 Å². The van der Waals surface area contributed by atoms with E-state index in [1.54, 1.807) is 6.08 Å². The van der Waals surface area contributed by atoms with Crippen LogP contribution >= 0.6 is 0 Å². The Labute approximate surface area is 63.0 Å². The van der Waals surface area contributed by atoms with Crippen molar-refractivity contribution in [3.63, 3.8) is 0 Å². The summed E-state index contributed by atoms with van der Waals surface area (Å²) in [5.74, 6) is 0. The topological polar surface area (TPSA) is 115 Å². The van der Waals surface area contributed by atoms with Crippen LogP contribution in [-0.2, 0) is 0 Å². The molecule has 0 heterocycles. The van der Waals surface area contributed by atoms with Gasteiger partial charge in [0.05, 0.1) is 0 Å². The lowest BCUT2D eigenvalue weighted by Crippen LogP contribution is -1.81. The monoisotopic (exact) mass is 166 g/mol. The first-order chi connectivity index (χ1) is 4.88. The van der Waals surface area contributed by atoms with Gasteiger partial charge in [0, 0.05) is 0 Å². The minimum atomic E-state index is -1.83. The summed E-state index contributed by atoms with van der Waals surface area (Å²) in [5.41, 5.74) is 0. The maximum absolute atomic E-state index is 8.56. The van der Waals surface area contributed by atoms with Gasteiger partial charge in [-0.3, -0.25) is 0 Å². The molecule has 0 fully saturated rings. The fourth-order valence-corrected chi connectivity index (χ4v) is 0. The van der Waals surface area contributed by atoms with Gasteiger partial charge in [0.25, 0.3) is 0 Å². The molecule has 66 valence electrons. The predicted octanol–water partition coefficient (Wildman–Crippen LogP) is 1.64. The molecule has 6 nitrogen and oxygen atoms in total. The number of allylic oxidation sites excluding steroid dienone is 1. The number of carbonyl (C=O) groups is 2. The summed E-state index contributed by atoms with van der Waals surface area (Å²) in [6.07, 6.45) is -1.92. The summed E-state index contributed by atoms with van der Waals surface area (Å²) in [5, 5.41) is 27.9. The molecule has 0 aliphatic carbocycles. The van der Waals surface area contributed by atoms with Gasteiger partial charge in [-0.25, -0.2) is 9.59 Å². The molecule has 6 heteroatoms. The van der Waals surface area contributed by atoms with Crippen molar-refractivity contribution >= 4 is 12.3 Å². The van der Waals surface area contributed by atoms with Crippen LogP contribution in [0.1, 0.15) is 6.92 Å². The van der Waals surface area contributed by atoms with Gasteiger partial charge in [0.15, 0.2) is 0 Å². The normalized spacial score (nSPS) is 5.55. The Morgan fingerprint density at radius 3 is 1.09 bits per heavy atom. The molecule has 0 atom stereocenters. The number of hydrogen-bond donors (Lipinski definition) is 4. The molecule has 0 aromatic carbocycles. The second-order valence-corrected chi connectivity index (χ2v) is 0.973. The first-order valence-corrected chi connectivity index (χ1v) is 2.29. The van der Waals surface area contributed by atoms with Crippen molar-refractivity contribution in [1.82, 2.24) is 0 Å². The van der Waals surface area contributed by atoms with Gasteiger partial charge >= 0.3 is 12.3 Å². The Bertz CT molecular complexity index is 98.1. The summed E-state index contributed by atoms with van der Waals surface area (Å²) in [7, 11) is 0. The molecule has 0 amide bonds. The average molecular weight is 166 g/mol. The van der Waals surface area contributed by atoms with Gasteiger partial charge in [0.1, 0.15) is 0 Å². The fourth-order valence-electron chi connectivity index (χ4n) is 0. The fraction of sp³-hybridized carbons (Fsp3) is 0.200. The maximum Gasteiger partial charge on any atom is 0.503 e. The first kappa shape index (κ1) is 16.1. The lowest BCUT2D eigenvalue weighted by Gasteiger charge is -1.60. The third-order valence-corrected chi connectivity index (χ3v) is 0. The number of carboxylic acid groups (broad SMARTS) is 4. The molecule has 0 aliphatic heterocycles. The second kappa shape index (κ2) is 15.7. The molecule has 0 bridgehead atoms. The van der Waals surface area contributed by atoms with Crippen LogP contribution < -0.4 is 0 Å². The summed E-state index contributed by atoms with van der Waals surface area (Å²) in [4.78, 5) is 17.1. The van der Waals surface area contributed by atoms with Crippen molar-refractivity contribution < 1.29 is 30.0 Å². The van der Waals surface area contributed by atoms with E-state index in [0.717, 1.165) is 0 Å². The molecule has 0 aromatic rings. The van der Waals surface area contributed by atoms with Gasteiger partial charge in [-0.15, -0.1) is 6.58 Å². The minimum absolute atomic E-state index is 1.75. The standard InChI is InChI=1S/C3H6.2CH2O3/c1-3-2;2*2-1(3)4/h3H,1H2,2H3;2*(H2,2,3,4). The van der Waals surface area contributed by atoms with E-state index in [2.05, 4.69) is 6.58 Å². The highest BCUT2D eigenvalue weighted by atomic mass is 16.6. The van der Waals surface area contributed by atoms with Crippen LogP contribution in [0.5, 0.6) is 0 Å². The van der Waals surface area contributed by atoms with E-state index >= 15 is 0 Å². The van der Waals surface area contributed by atoms with E-state index in [-0.39, 0.29) is 0 Å². The van der Waals surface area contributed by atoms with Crippen molar-refractivity contribution in [3.8, 4) is 0 Å². The Kier molecular flexibility index (Phi) is 23.1. The molecule has 4 N–H and O–H groups in total. The van der Waals surface area contributed by atoms with Crippen LogP contribution in [0.4, 0.5) is 9.59 Å². The zero-order valence-corrected chi connectivity index (χ0v) is 5.89. The van der Waals surface area contributed by atoms with Gasteiger partial charge in [-0.2, -0.15) is 0 Å². The Balaban J connectivity index is -0.0000000886. The van der Waals surface area contributed by atoms with E-state index in [1.807, 2.05) is 6.92 Å². The third kappa shape index (κ3) is 110. The van der Waals surface area contributed by atoms with E-state index < -0.39 is 12.3 Å². The molecule has 0 saturated carbocycles. The summed E-state index contributed by atoms with van der Waals surface area (Å²) < 4.78 is 0. The Morgan fingerprint density at radius 2 is 1.09 bits per heavy atom. The molecule has 0 saturated heterocycles. The zero-order chi connectivity index (χ0) is 9.86. The molecule has 0 unspecified atom stereocenters. The van der Waals surface area contributed by atoms with E-state index in [9.17, 15) is 0 Å². The molecule has 0 aliphatic rings. The van der Waals surface area contributed by atoms with Crippen molar-refractivity contribution in [1.29, 1.82) is 0 Å². The van der Waals surface area contributed by atoms with Crippen LogP contribution in [0.15, 0.2) is 12.7 Å². The summed E-state index contributed by atoms with van der Waals surface area (Å²) in [6, 6.07) is 0. The van der Waals surface area contributed by atoms with E-state index in [4.69, 9.17) is 30.0 Å². The maximum atomic E-state index is 8.56. The average Bonchev–Trinajstić information content (AvgIpc) is 1.60. The number of hydrogen-bond acceptors (Lipinski definition) is 2. The van der Waals surface area contributed by atoms with E-state index in [0.29, 0.717) is 0 Å². The van der Waals surface area contributed by atoms with Crippen molar-refractivity contribution in [3.05, 3.63) is 12.7 Å². The predicted molar refractivity (Wildman–Crippen MR) is 37.2 cm³/mol. The Morgan fingerprint density at radius 1 is 1.09 bits per heavy atom. The quantitative estimate of drug-likeness (QED) is 0.406. The molecule has 11 heavy (non-hydrogen) atoms. The lowest BCUT2D eigenvalue weighted by atomic mass is 10.8. The van der Waals surface area contributed by atoms with Crippen LogP contribution in [-0.4, -0.2) is 32.7 Å². The minimum Gasteiger partial charge on any atom is -0.450 e. The summed E-state index contributed by atoms with van der Waals surface area (Å²) >= 11 is 0. The first-order valence-electron chi connectivity index (χ1n) is 2.29. The molecule has 0 aromatic heterocycles. The Hall–Kier alpha value is -1.72. The van der Waals surface area contributed by atoms with Crippen molar-refractivity contribution in [2.45, 2.75) is 6.92 Å². The van der Waals surface area contributed by atoms with Crippen LogP contribution in [0, 0.1) is 0 Å². The SMILES string of the molecule is C=CC.O=C(O)O.O=C(O)O. The van der Waals surface area contributed by atoms with Crippen LogP contribution in [0.3, 0.4) is 0 Å². The van der Waals surface area contributed by atoms with Gasteiger partial charge in [-0.1, -0.05) is 6.08 Å². The molecule has 0 spiro atoms. The second-order valence-electron chi connectivity index (χ2n) is 0.973. The highest BCUT2D eigenvalue weighted by molar-refractivity contribution is 5.53. The molecule has 0 rings (SSSR count). The highest BCUT2D eigenvalue weighted by Crippen LogP contribution is 1.43. The van der Waals surface area contributed by atoms with Crippen molar-refractivity contribution in [2.24, 2.45) is 0 Å². The molecular weight excluding hydrogens is 156 g/mol. The van der Waals surface area contributed by atoms with Gasteiger partial charge in [-0.05, 0) is 6.92 Å². The zero-order valence-electron chi connectivity index (χ0n) is 5.89. The third-order valence-electron chi connectivity index (χ3n) is 0. The van der Waals surface area contributed by atoms with Crippen molar-refractivity contribution in [2.75, 3.05) is 0 Å². The summed E-state index contributed by atoms with van der Waals surface area (Å²) in [6.45, 7) is 5.25. The smallest absolute Gasteiger partial charge is 0.450 e. The largest absolute Gasteiger partial charge is 0.503 e.